The van der Waals surface area contributed by atoms with E-state index in [-0.39, 0.29) is 0 Å². The van der Waals surface area contributed by atoms with Gasteiger partial charge in [0.2, 0.25) is 5.96 Å². The number of nitrogens with zero attached hydrogens (tertiary/aromatic N) is 4. The number of nitrogens with one attached hydrogen (secondary N) is 1. The van der Waals surface area contributed by atoms with Crippen LogP contribution in [0, 0.1) is 0 Å². The number of ether oxygens (including phenoxy) is 2. The number of methoxy groups -OCH3 is 1. The lowest BCUT2D eigenvalue weighted by molar-refractivity contribution is 0.0598. The summed E-state index contributed by atoms with van der Waals surface area (Å²) in [5.74, 6) is 2.53. The first-order valence-corrected chi connectivity index (χ1v) is 10.8. The molecule has 1 aromatic carbocycles. The first kappa shape index (κ1) is 21.0. The zero-order chi connectivity index (χ0) is 21.1. The quantitative estimate of drug-likeness (QED) is 0.743. The number of aliphatic imine (C=N–C) groups is 1. The van der Waals surface area contributed by atoms with Crippen LogP contribution in [0.3, 0.4) is 0 Å². The molecule has 0 radical (unpaired) electrons. The molecule has 0 amide bonds. The van der Waals surface area contributed by atoms with Crippen molar-refractivity contribution in [2.24, 2.45) is 10.7 Å². The molecule has 0 saturated carbocycles. The Morgan fingerprint density at radius 2 is 2.10 bits per heavy atom. The van der Waals surface area contributed by atoms with Crippen molar-refractivity contribution >= 4 is 5.96 Å². The molecule has 0 spiro atoms. The molecular formula is C22H34N6O2. The number of benzene rings is 1. The Hall–Kier alpha value is -2.29. The molecule has 3 N–H and O–H groups in total. The molecule has 164 valence electrons. The van der Waals surface area contributed by atoms with Crippen molar-refractivity contribution in [2.75, 3.05) is 60.5 Å². The maximum atomic E-state index is 6.83. The predicted octanol–water partition coefficient (Wildman–Crippen LogP) is 0.966. The van der Waals surface area contributed by atoms with E-state index in [0.29, 0.717) is 6.10 Å². The van der Waals surface area contributed by atoms with Crippen molar-refractivity contribution in [1.82, 2.24) is 20.0 Å². The Morgan fingerprint density at radius 1 is 1.30 bits per heavy atom. The Labute approximate surface area is 179 Å². The highest BCUT2D eigenvalue weighted by Gasteiger charge is 2.33. The monoisotopic (exact) mass is 414 g/mol. The van der Waals surface area contributed by atoms with Gasteiger partial charge >= 0.3 is 0 Å². The molecule has 2 saturated heterocycles. The van der Waals surface area contributed by atoms with E-state index in [4.69, 9.17) is 20.2 Å². The molecule has 2 atom stereocenters. The summed E-state index contributed by atoms with van der Waals surface area (Å²) < 4.78 is 11.2. The molecule has 3 heterocycles. The van der Waals surface area contributed by atoms with Crippen molar-refractivity contribution in [2.45, 2.75) is 24.6 Å². The largest absolute Gasteiger partial charge is 0.497 e. The zero-order valence-corrected chi connectivity index (χ0v) is 18.3. The summed E-state index contributed by atoms with van der Waals surface area (Å²) in [5, 5.41) is 3.47. The SMILES string of the molecule is COc1cccc(C2(N)C=C(N(C)C)NC(N3CCN(CC4CCCO4)CC3)=N2)c1. The molecule has 4 rings (SSSR count). The summed E-state index contributed by atoms with van der Waals surface area (Å²) in [6.45, 7) is 5.76. The van der Waals surface area contributed by atoms with Gasteiger partial charge in [0.05, 0.1) is 13.2 Å². The summed E-state index contributed by atoms with van der Waals surface area (Å²) in [5.41, 5.74) is 6.77. The van der Waals surface area contributed by atoms with Gasteiger partial charge in [-0.05, 0) is 25.0 Å². The van der Waals surface area contributed by atoms with E-state index in [0.717, 1.165) is 62.4 Å². The highest BCUT2D eigenvalue weighted by Crippen LogP contribution is 2.29. The van der Waals surface area contributed by atoms with E-state index in [1.54, 1.807) is 7.11 Å². The van der Waals surface area contributed by atoms with Crippen molar-refractivity contribution < 1.29 is 9.47 Å². The maximum absolute atomic E-state index is 6.83. The van der Waals surface area contributed by atoms with E-state index in [9.17, 15) is 0 Å². The number of hydrogen-bond donors (Lipinski definition) is 2. The molecule has 8 nitrogen and oxygen atoms in total. The molecule has 0 aromatic heterocycles. The fourth-order valence-electron chi connectivity index (χ4n) is 4.22. The molecule has 30 heavy (non-hydrogen) atoms. The Morgan fingerprint density at radius 3 is 2.77 bits per heavy atom. The summed E-state index contributed by atoms with van der Waals surface area (Å²) in [6.07, 6.45) is 4.74. The first-order valence-electron chi connectivity index (χ1n) is 10.8. The number of rotatable bonds is 5. The number of piperazine rings is 1. The second-order valence-electron chi connectivity index (χ2n) is 8.46. The van der Waals surface area contributed by atoms with E-state index >= 15 is 0 Å². The Kier molecular flexibility index (Phi) is 6.17. The van der Waals surface area contributed by atoms with Gasteiger partial charge in [-0.3, -0.25) is 10.6 Å². The molecule has 0 aliphatic carbocycles. The van der Waals surface area contributed by atoms with E-state index in [1.807, 2.05) is 49.3 Å². The molecule has 2 fully saturated rings. The molecular weight excluding hydrogens is 380 g/mol. The minimum atomic E-state index is -0.955. The number of hydrogen-bond acceptors (Lipinski definition) is 8. The highest BCUT2D eigenvalue weighted by atomic mass is 16.5. The predicted molar refractivity (Wildman–Crippen MR) is 118 cm³/mol. The summed E-state index contributed by atoms with van der Waals surface area (Å²) in [6, 6.07) is 7.82. The van der Waals surface area contributed by atoms with Gasteiger partial charge in [-0.2, -0.15) is 0 Å². The third kappa shape index (κ3) is 4.55. The third-order valence-electron chi connectivity index (χ3n) is 6.06. The maximum Gasteiger partial charge on any atom is 0.202 e. The van der Waals surface area contributed by atoms with Crippen LogP contribution in [-0.2, 0) is 10.4 Å². The minimum Gasteiger partial charge on any atom is -0.497 e. The summed E-state index contributed by atoms with van der Waals surface area (Å²) in [7, 11) is 5.68. The molecule has 1 aromatic rings. The van der Waals surface area contributed by atoms with Gasteiger partial charge in [0.15, 0.2) is 5.66 Å². The van der Waals surface area contributed by atoms with Crippen LogP contribution in [0.25, 0.3) is 0 Å². The lowest BCUT2D eigenvalue weighted by atomic mass is 9.99. The summed E-state index contributed by atoms with van der Waals surface area (Å²) >= 11 is 0. The van der Waals surface area contributed by atoms with Crippen LogP contribution in [0.15, 0.2) is 41.2 Å². The van der Waals surface area contributed by atoms with Crippen LogP contribution < -0.4 is 15.8 Å². The normalized spacial score (nSPS) is 27.3. The molecule has 0 bridgehead atoms. The molecule has 2 unspecified atom stereocenters. The van der Waals surface area contributed by atoms with Gasteiger partial charge in [0.1, 0.15) is 11.6 Å². The van der Waals surface area contributed by atoms with Crippen molar-refractivity contribution in [3.8, 4) is 5.75 Å². The Balaban J connectivity index is 1.51. The van der Waals surface area contributed by atoms with Gasteiger partial charge in [0.25, 0.3) is 0 Å². The molecule has 3 aliphatic heterocycles. The average molecular weight is 415 g/mol. The lowest BCUT2D eigenvalue weighted by Crippen LogP contribution is -2.56. The van der Waals surface area contributed by atoms with Crippen molar-refractivity contribution in [3.05, 3.63) is 41.7 Å². The van der Waals surface area contributed by atoms with Crippen LogP contribution in [0.1, 0.15) is 18.4 Å². The minimum absolute atomic E-state index is 0.398. The highest BCUT2D eigenvalue weighted by molar-refractivity contribution is 5.83. The third-order valence-corrected chi connectivity index (χ3v) is 6.06. The number of nitrogens with two attached hydrogens (primary N) is 1. The number of guanidine groups is 1. The zero-order valence-electron chi connectivity index (χ0n) is 18.3. The topological polar surface area (TPSA) is 78.6 Å². The lowest BCUT2D eigenvalue weighted by Gasteiger charge is -2.41. The van der Waals surface area contributed by atoms with Gasteiger partial charge < -0.3 is 24.6 Å². The summed E-state index contributed by atoms with van der Waals surface area (Å²) in [4.78, 5) is 11.8. The van der Waals surface area contributed by atoms with Crippen LogP contribution in [-0.4, -0.2) is 87.3 Å². The molecule has 8 heteroatoms. The van der Waals surface area contributed by atoms with E-state index in [1.165, 1.54) is 12.8 Å². The molecule has 3 aliphatic rings. The van der Waals surface area contributed by atoms with E-state index in [2.05, 4.69) is 15.1 Å². The van der Waals surface area contributed by atoms with Crippen LogP contribution in [0.5, 0.6) is 5.75 Å². The second-order valence-corrected chi connectivity index (χ2v) is 8.46. The fraction of sp³-hybridized carbons (Fsp3) is 0.591. The second kappa shape index (κ2) is 8.83. The van der Waals surface area contributed by atoms with E-state index < -0.39 is 5.66 Å². The fourth-order valence-corrected chi connectivity index (χ4v) is 4.22. The standard InChI is InChI=1S/C22H34N6O2/c1-26(2)20-15-22(23,17-6-4-7-18(14-17)29-3)25-21(24-20)28-11-9-27(10-12-28)16-19-8-5-13-30-19/h4,6-7,14-15,19H,5,8-13,16,23H2,1-3H3,(H,24,25). The Bertz CT molecular complexity index is 797. The van der Waals surface area contributed by atoms with Crippen LogP contribution >= 0.6 is 0 Å². The smallest absolute Gasteiger partial charge is 0.202 e. The van der Waals surface area contributed by atoms with Crippen LogP contribution in [0.2, 0.25) is 0 Å². The van der Waals surface area contributed by atoms with Crippen molar-refractivity contribution in [1.29, 1.82) is 0 Å². The average Bonchev–Trinajstić information content (AvgIpc) is 3.27. The van der Waals surface area contributed by atoms with Gasteiger partial charge in [-0.1, -0.05) is 12.1 Å². The van der Waals surface area contributed by atoms with Crippen molar-refractivity contribution in [3.63, 3.8) is 0 Å². The van der Waals surface area contributed by atoms with Gasteiger partial charge in [0, 0.05) is 65.1 Å². The van der Waals surface area contributed by atoms with Gasteiger partial charge in [-0.25, -0.2) is 4.99 Å². The first-order chi connectivity index (χ1) is 14.5. The van der Waals surface area contributed by atoms with Crippen LogP contribution in [0.4, 0.5) is 0 Å². The van der Waals surface area contributed by atoms with Gasteiger partial charge in [-0.15, -0.1) is 0 Å².